The smallest absolute Gasteiger partial charge is 0.148 e. The van der Waals surface area contributed by atoms with E-state index in [1.807, 2.05) is 36.7 Å². The summed E-state index contributed by atoms with van der Waals surface area (Å²) in [5, 5.41) is 7.24. The van der Waals surface area contributed by atoms with Crippen LogP contribution in [0.4, 0.5) is 5.82 Å². The van der Waals surface area contributed by atoms with Crippen molar-refractivity contribution in [3.8, 4) is 0 Å². The number of hydrogen-bond donors (Lipinski definition) is 1. The van der Waals surface area contributed by atoms with Gasteiger partial charge in [-0.3, -0.25) is 10.1 Å². The number of anilines is 1. The number of rotatable bonds is 1. The molecule has 0 saturated carbocycles. The van der Waals surface area contributed by atoms with Gasteiger partial charge >= 0.3 is 0 Å². The Kier molecular flexibility index (Phi) is 2.45. The third-order valence-electron chi connectivity index (χ3n) is 3.86. The highest BCUT2D eigenvalue weighted by molar-refractivity contribution is 5.75. The van der Waals surface area contributed by atoms with Crippen LogP contribution in [0.25, 0.3) is 11.0 Å². The van der Waals surface area contributed by atoms with Gasteiger partial charge in [0.05, 0.1) is 23.4 Å². The van der Waals surface area contributed by atoms with Gasteiger partial charge in [0.1, 0.15) is 5.82 Å². The monoisotopic (exact) mass is 265 g/mol. The zero-order valence-corrected chi connectivity index (χ0v) is 11.2. The van der Waals surface area contributed by atoms with E-state index in [4.69, 9.17) is 4.98 Å². The molecule has 3 heterocycles. The second-order valence-electron chi connectivity index (χ2n) is 5.31. The molecular formula is C15H15N5. The van der Waals surface area contributed by atoms with Gasteiger partial charge in [0.15, 0.2) is 0 Å². The van der Waals surface area contributed by atoms with Crippen LogP contribution in [0, 0.1) is 0 Å². The number of benzene rings is 1. The summed E-state index contributed by atoms with van der Waals surface area (Å²) in [7, 11) is 0. The highest BCUT2D eigenvalue weighted by Gasteiger charge is 2.24. The molecule has 1 N–H and O–H groups in total. The van der Waals surface area contributed by atoms with Crippen molar-refractivity contribution in [2.45, 2.75) is 19.4 Å². The maximum atomic E-state index is 4.72. The quantitative estimate of drug-likeness (QED) is 0.734. The number of H-pyrrole nitrogens is 1. The fraction of sp³-hybridized carbons (Fsp3) is 0.267. The maximum absolute atomic E-state index is 4.72. The lowest BCUT2D eigenvalue weighted by atomic mass is 9.99. The fourth-order valence-corrected chi connectivity index (χ4v) is 2.84. The number of fused-ring (bicyclic) bond motifs is 2. The van der Waals surface area contributed by atoms with Gasteiger partial charge in [-0.15, -0.1) is 0 Å². The summed E-state index contributed by atoms with van der Waals surface area (Å²) in [6, 6.07) is 7.97. The molecule has 0 fully saturated rings. The van der Waals surface area contributed by atoms with Crippen LogP contribution in [0.2, 0.25) is 0 Å². The average molecular weight is 265 g/mol. The Balaban J connectivity index is 1.73. The van der Waals surface area contributed by atoms with Gasteiger partial charge in [0.25, 0.3) is 0 Å². The lowest BCUT2D eigenvalue weighted by Gasteiger charge is -2.31. The molecule has 1 aliphatic heterocycles. The molecule has 2 aromatic heterocycles. The van der Waals surface area contributed by atoms with Crippen molar-refractivity contribution in [3.63, 3.8) is 0 Å². The number of nitrogens with zero attached hydrogens (tertiary/aromatic N) is 4. The van der Waals surface area contributed by atoms with Crippen LogP contribution < -0.4 is 4.90 Å². The van der Waals surface area contributed by atoms with E-state index in [-0.39, 0.29) is 0 Å². The Morgan fingerprint density at radius 2 is 2.05 bits per heavy atom. The summed E-state index contributed by atoms with van der Waals surface area (Å²) in [6.45, 7) is 3.98. The fourth-order valence-electron chi connectivity index (χ4n) is 2.84. The Morgan fingerprint density at radius 3 is 2.95 bits per heavy atom. The molecule has 0 unspecified atom stereocenters. The molecule has 0 amide bonds. The van der Waals surface area contributed by atoms with Crippen molar-refractivity contribution >= 4 is 16.9 Å². The average Bonchev–Trinajstić information content (AvgIpc) is 2.96. The van der Waals surface area contributed by atoms with E-state index >= 15 is 0 Å². The van der Waals surface area contributed by atoms with Crippen molar-refractivity contribution in [3.05, 3.63) is 47.9 Å². The number of nitrogens with one attached hydrogen (secondary N) is 1. The van der Waals surface area contributed by atoms with E-state index in [1.165, 1.54) is 11.3 Å². The lowest BCUT2D eigenvalue weighted by molar-refractivity contribution is 0.620. The molecule has 0 radical (unpaired) electrons. The van der Waals surface area contributed by atoms with Crippen LogP contribution >= 0.6 is 0 Å². The molecule has 1 aliphatic rings. The lowest BCUT2D eigenvalue weighted by Crippen LogP contribution is -2.33. The summed E-state index contributed by atoms with van der Waals surface area (Å²) >= 11 is 0. The van der Waals surface area contributed by atoms with Crippen molar-refractivity contribution in [2.24, 2.45) is 0 Å². The number of aromatic nitrogens is 4. The third-order valence-corrected chi connectivity index (χ3v) is 3.86. The van der Waals surface area contributed by atoms with E-state index in [0.717, 1.165) is 29.9 Å². The zero-order chi connectivity index (χ0) is 13.5. The minimum absolute atomic E-state index is 0.425. The van der Waals surface area contributed by atoms with Gasteiger partial charge < -0.3 is 4.90 Å². The third kappa shape index (κ3) is 1.74. The molecule has 0 bridgehead atoms. The molecule has 0 aliphatic carbocycles. The normalized spacial score (nSPS) is 18.2. The molecule has 20 heavy (non-hydrogen) atoms. The van der Waals surface area contributed by atoms with Crippen molar-refractivity contribution in [2.75, 3.05) is 11.4 Å². The van der Waals surface area contributed by atoms with Gasteiger partial charge in [-0.25, -0.2) is 4.98 Å². The number of aromatic amines is 1. The standard InChI is InChI=1S/C15H15N5/c1-10-8-20(9-11-6-17-19-15(10)11)14-7-16-12-4-2-3-5-13(12)18-14/h2-7,10H,8-9H2,1H3,(H,17,19)/t10-/m1/s1. The molecule has 5 heteroatoms. The van der Waals surface area contributed by atoms with Gasteiger partial charge in [-0.1, -0.05) is 19.1 Å². The van der Waals surface area contributed by atoms with Gasteiger partial charge in [-0.05, 0) is 12.1 Å². The highest BCUT2D eigenvalue weighted by Crippen LogP contribution is 2.28. The van der Waals surface area contributed by atoms with Crippen molar-refractivity contribution in [1.82, 2.24) is 20.2 Å². The Hall–Kier alpha value is -2.43. The first-order valence-corrected chi connectivity index (χ1v) is 6.80. The van der Waals surface area contributed by atoms with Crippen LogP contribution in [0.5, 0.6) is 0 Å². The largest absolute Gasteiger partial charge is 0.350 e. The summed E-state index contributed by atoms with van der Waals surface area (Å²) in [6.07, 6.45) is 3.77. The molecule has 1 atom stereocenters. The molecule has 0 spiro atoms. The molecule has 0 saturated heterocycles. The Bertz CT molecular complexity index is 764. The maximum Gasteiger partial charge on any atom is 0.148 e. The Morgan fingerprint density at radius 1 is 1.20 bits per heavy atom. The second kappa shape index (κ2) is 4.30. The summed E-state index contributed by atoms with van der Waals surface area (Å²) in [5.41, 5.74) is 4.37. The van der Waals surface area contributed by atoms with Crippen LogP contribution in [0.15, 0.2) is 36.7 Å². The summed E-state index contributed by atoms with van der Waals surface area (Å²) in [4.78, 5) is 11.5. The van der Waals surface area contributed by atoms with Crippen molar-refractivity contribution in [1.29, 1.82) is 0 Å². The van der Waals surface area contributed by atoms with Gasteiger partial charge in [0, 0.05) is 30.3 Å². The molecule has 1 aromatic carbocycles. The van der Waals surface area contributed by atoms with Gasteiger partial charge in [-0.2, -0.15) is 5.10 Å². The van der Waals surface area contributed by atoms with Gasteiger partial charge in [0.2, 0.25) is 0 Å². The minimum Gasteiger partial charge on any atom is -0.350 e. The van der Waals surface area contributed by atoms with E-state index < -0.39 is 0 Å². The summed E-state index contributed by atoms with van der Waals surface area (Å²) < 4.78 is 0. The number of hydrogen-bond acceptors (Lipinski definition) is 4. The first kappa shape index (κ1) is 11.4. The molecule has 100 valence electrons. The summed E-state index contributed by atoms with van der Waals surface area (Å²) in [5.74, 6) is 1.36. The van der Waals surface area contributed by atoms with E-state index in [0.29, 0.717) is 5.92 Å². The molecular weight excluding hydrogens is 250 g/mol. The molecule has 5 nitrogen and oxygen atoms in total. The van der Waals surface area contributed by atoms with E-state index in [9.17, 15) is 0 Å². The zero-order valence-electron chi connectivity index (χ0n) is 11.2. The first-order valence-electron chi connectivity index (χ1n) is 6.80. The van der Waals surface area contributed by atoms with Crippen LogP contribution in [0.1, 0.15) is 24.1 Å². The topological polar surface area (TPSA) is 57.7 Å². The Labute approximate surface area is 116 Å². The predicted molar refractivity (Wildman–Crippen MR) is 77.6 cm³/mol. The molecule has 3 aromatic rings. The van der Waals surface area contributed by atoms with Crippen LogP contribution in [-0.2, 0) is 6.54 Å². The first-order chi connectivity index (χ1) is 9.81. The predicted octanol–water partition coefficient (Wildman–Crippen LogP) is 2.48. The van der Waals surface area contributed by atoms with Crippen LogP contribution in [0.3, 0.4) is 0 Å². The second-order valence-corrected chi connectivity index (χ2v) is 5.31. The van der Waals surface area contributed by atoms with E-state index in [2.05, 4.69) is 27.0 Å². The SMILES string of the molecule is C[C@@H]1CN(c2cnc3ccccc3n2)Cc2cn[nH]c21. The highest BCUT2D eigenvalue weighted by atomic mass is 15.2. The van der Waals surface area contributed by atoms with E-state index in [1.54, 1.807) is 0 Å². The molecule has 4 rings (SSSR count). The minimum atomic E-state index is 0.425. The number of para-hydroxylation sites is 2. The van der Waals surface area contributed by atoms with Crippen LogP contribution in [-0.4, -0.2) is 26.7 Å². The van der Waals surface area contributed by atoms with Crippen molar-refractivity contribution < 1.29 is 0 Å².